The summed E-state index contributed by atoms with van der Waals surface area (Å²) in [7, 11) is 2.67. The fourth-order valence-corrected chi connectivity index (χ4v) is 4.20. The van der Waals surface area contributed by atoms with E-state index in [1.165, 1.54) is 26.2 Å². The number of hydrogen-bond acceptors (Lipinski definition) is 3. The number of barbiturate groups is 1. The van der Waals surface area contributed by atoms with Crippen LogP contribution in [0.3, 0.4) is 0 Å². The van der Waals surface area contributed by atoms with Gasteiger partial charge in [-0.1, -0.05) is 42.8 Å². The molecule has 8 heteroatoms. The Hall–Kier alpha value is -3.45. The molecule has 2 heterocycles. The predicted molar refractivity (Wildman–Crippen MR) is 121 cm³/mol. The van der Waals surface area contributed by atoms with Gasteiger partial charge in [-0.3, -0.25) is 19.4 Å². The van der Waals surface area contributed by atoms with Gasteiger partial charge in [0.05, 0.1) is 12.1 Å². The smallest absolute Gasteiger partial charge is 0.333 e. The molecule has 0 bridgehead atoms. The highest BCUT2D eigenvalue weighted by molar-refractivity contribution is 6.31. The number of fused-ring (bicyclic) bond motifs is 1. The Bertz CT molecular complexity index is 1270. The lowest BCUT2D eigenvalue weighted by atomic mass is 10.0. The highest BCUT2D eigenvalue weighted by atomic mass is 35.5. The summed E-state index contributed by atoms with van der Waals surface area (Å²) in [5, 5.41) is 1.13. The van der Waals surface area contributed by atoms with Gasteiger partial charge in [-0.25, -0.2) is 9.18 Å². The molecule has 0 spiro atoms. The molecule has 0 radical (unpaired) electrons. The van der Waals surface area contributed by atoms with Gasteiger partial charge in [0.1, 0.15) is 11.4 Å². The van der Waals surface area contributed by atoms with Crippen molar-refractivity contribution in [3.8, 4) is 0 Å². The number of benzene rings is 2. The van der Waals surface area contributed by atoms with Gasteiger partial charge >= 0.3 is 6.03 Å². The molecule has 164 valence electrons. The van der Waals surface area contributed by atoms with Gasteiger partial charge < -0.3 is 4.57 Å². The number of carbonyl (C=O) groups excluding carboxylic acids is 3. The molecule has 0 N–H and O–H groups in total. The van der Waals surface area contributed by atoms with Crippen molar-refractivity contribution in [2.45, 2.75) is 19.9 Å². The molecule has 1 saturated heterocycles. The number of amides is 4. The third-order valence-corrected chi connectivity index (χ3v) is 6.08. The monoisotopic (exact) mass is 453 g/mol. The topological polar surface area (TPSA) is 62.6 Å². The van der Waals surface area contributed by atoms with E-state index in [0.29, 0.717) is 16.1 Å². The Balaban J connectivity index is 1.90. The van der Waals surface area contributed by atoms with E-state index < -0.39 is 23.7 Å². The van der Waals surface area contributed by atoms with Crippen molar-refractivity contribution >= 4 is 46.4 Å². The summed E-state index contributed by atoms with van der Waals surface area (Å²) in [5.74, 6) is -1.74. The number of aromatic nitrogens is 1. The number of urea groups is 1. The number of likely N-dealkylation sites (N-methyl/N-ethyl adjacent to an activating group) is 2. The number of nitrogens with zero attached hydrogens (tertiary/aromatic N) is 3. The largest absolute Gasteiger partial charge is 0.342 e. The SMILES string of the molecule is CCc1cccc2c(C=C3C(=O)N(C)C(=O)N(C)C3=O)cn(Cc3c(F)cccc3Cl)c12. The summed E-state index contributed by atoms with van der Waals surface area (Å²) in [6.07, 6.45) is 4.00. The molecule has 0 unspecified atom stereocenters. The maximum absolute atomic E-state index is 14.5. The summed E-state index contributed by atoms with van der Waals surface area (Å²) in [5.41, 5.74) is 2.76. The lowest BCUT2D eigenvalue weighted by Crippen LogP contribution is -2.52. The maximum Gasteiger partial charge on any atom is 0.333 e. The zero-order valence-corrected chi connectivity index (χ0v) is 18.6. The van der Waals surface area contributed by atoms with Gasteiger partial charge in [0, 0.05) is 41.8 Å². The van der Waals surface area contributed by atoms with Crippen LogP contribution >= 0.6 is 11.6 Å². The van der Waals surface area contributed by atoms with Crippen LogP contribution in [0.25, 0.3) is 17.0 Å². The van der Waals surface area contributed by atoms with Crippen molar-refractivity contribution < 1.29 is 18.8 Å². The third kappa shape index (κ3) is 3.48. The minimum absolute atomic E-state index is 0.112. The molecule has 0 saturated carbocycles. The predicted octanol–water partition coefficient (Wildman–Crippen LogP) is 4.48. The first-order valence-corrected chi connectivity index (χ1v) is 10.5. The second-order valence-corrected chi connectivity index (χ2v) is 8.06. The highest BCUT2D eigenvalue weighted by Crippen LogP contribution is 2.30. The highest BCUT2D eigenvalue weighted by Gasteiger charge is 2.38. The molecule has 0 atom stereocenters. The Labute approximate surface area is 189 Å². The number of carbonyl (C=O) groups is 3. The first-order valence-electron chi connectivity index (χ1n) is 10.1. The van der Waals surface area contributed by atoms with Gasteiger partial charge in [-0.05, 0) is 30.2 Å². The number of hydrogen-bond donors (Lipinski definition) is 0. The van der Waals surface area contributed by atoms with Crippen molar-refractivity contribution in [1.29, 1.82) is 0 Å². The molecular formula is C24H21ClFN3O3. The summed E-state index contributed by atoms with van der Waals surface area (Å²) in [6.45, 7) is 2.20. The standard InChI is InChI=1S/C24H21ClFN3O3/c1-4-14-7-5-8-16-15(11-17-22(30)27(2)24(32)28(3)23(17)31)12-29(21(14)16)13-18-19(25)9-6-10-20(18)26/h5-12H,4,13H2,1-3H3. The average Bonchev–Trinajstić information content (AvgIpc) is 3.14. The van der Waals surface area contributed by atoms with E-state index in [1.54, 1.807) is 18.3 Å². The molecule has 6 nitrogen and oxygen atoms in total. The first kappa shape index (κ1) is 21.8. The van der Waals surface area contributed by atoms with Crippen LogP contribution in [0.5, 0.6) is 0 Å². The molecule has 4 amide bonds. The summed E-state index contributed by atoms with van der Waals surface area (Å²) >= 11 is 6.25. The Morgan fingerprint density at radius 3 is 2.28 bits per heavy atom. The van der Waals surface area contributed by atoms with Crippen LogP contribution < -0.4 is 0 Å². The van der Waals surface area contributed by atoms with Crippen molar-refractivity contribution in [2.75, 3.05) is 14.1 Å². The van der Waals surface area contributed by atoms with E-state index >= 15 is 0 Å². The molecule has 3 aromatic rings. The van der Waals surface area contributed by atoms with Gasteiger partial charge in [0.25, 0.3) is 11.8 Å². The van der Waals surface area contributed by atoms with Crippen molar-refractivity contribution in [1.82, 2.24) is 14.4 Å². The van der Waals surface area contributed by atoms with Crippen LogP contribution in [0.2, 0.25) is 5.02 Å². The normalized spacial score (nSPS) is 14.7. The van der Waals surface area contributed by atoms with E-state index in [9.17, 15) is 18.8 Å². The van der Waals surface area contributed by atoms with E-state index in [1.807, 2.05) is 29.7 Å². The minimum atomic E-state index is -0.679. The minimum Gasteiger partial charge on any atom is -0.342 e. The average molecular weight is 454 g/mol. The number of para-hydroxylation sites is 1. The van der Waals surface area contributed by atoms with E-state index in [-0.39, 0.29) is 12.1 Å². The fraction of sp³-hybridized carbons (Fsp3) is 0.208. The number of halogens is 2. The lowest BCUT2D eigenvalue weighted by Gasteiger charge is -2.28. The molecule has 1 aliphatic heterocycles. The van der Waals surface area contributed by atoms with Crippen LogP contribution in [0.15, 0.2) is 48.2 Å². The second kappa shape index (κ2) is 8.24. The van der Waals surface area contributed by atoms with Crippen LogP contribution in [-0.2, 0) is 22.6 Å². The lowest BCUT2D eigenvalue weighted by molar-refractivity contribution is -0.134. The zero-order chi connectivity index (χ0) is 23.2. The Morgan fingerprint density at radius 1 is 1.00 bits per heavy atom. The summed E-state index contributed by atoms with van der Waals surface area (Å²) in [4.78, 5) is 39.2. The molecule has 1 aliphatic rings. The summed E-state index contributed by atoms with van der Waals surface area (Å²) < 4.78 is 16.4. The summed E-state index contributed by atoms with van der Waals surface area (Å²) in [6, 6.07) is 9.64. The van der Waals surface area contributed by atoms with Gasteiger partial charge in [0.2, 0.25) is 0 Å². The molecule has 0 aliphatic carbocycles. The molecule has 32 heavy (non-hydrogen) atoms. The molecule has 2 aromatic carbocycles. The number of rotatable bonds is 4. The quantitative estimate of drug-likeness (QED) is 0.432. The fourth-order valence-electron chi connectivity index (χ4n) is 3.97. The van der Waals surface area contributed by atoms with Crippen LogP contribution in [0.1, 0.15) is 23.6 Å². The van der Waals surface area contributed by atoms with Crippen LogP contribution in [-0.4, -0.2) is 46.3 Å². The third-order valence-electron chi connectivity index (χ3n) is 5.73. The zero-order valence-electron chi connectivity index (χ0n) is 17.9. The Morgan fingerprint density at radius 2 is 1.66 bits per heavy atom. The van der Waals surface area contributed by atoms with E-state index in [4.69, 9.17) is 11.6 Å². The van der Waals surface area contributed by atoms with Crippen molar-refractivity contribution in [3.63, 3.8) is 0 Å². The van der Waals surface area contributed by atoms with Crippen molar-refractivity contribution in [3.05, 3.63) is 75.7 Å². The van der Waals surface area contributed by atoms with Gasteiger partial charge in [-0.15, -0.1) is 0 Å². The van der Waals surface area contributed by atoms with E-state index in [0.717, 1.165) is 32.7 Å². The van der Waals surface area contributed by atoms with Crippen molar-refractivity contribution in [2.24, 2.45) is 0 Å². The first-order chi connectivity index (χ1) is 15.2. The number of imide groups is 2. The van der Waals surface area contributed by atoms with Gasteiger partial charge in [-0.2, -0.15) is 0 Å². The van der Waals surface area contributed by atoms with Gasteiger partial charge in [0.15, 0.2) is 0 Å². The maximum atomic E-state index is 14.5. The second-order valence-electron chi connectivity index (χ2n) is 7.65. The number of aryl methyl sites for hydroxylation is 1. The molecule has 1 aromatic heterocycles. The van der Waals surface area contributed by atoms with Crippen LogP contribution in [0, 0.1) is 5.82 Å². The van der Waals surface area contributed by atoms with Crippen LogP contribution in [0.4, 0.5) is 9.18 Å². The Kier molecular flexibility index (Phi) is 5.60. The molecule has 1 fully saturated rings. The molecule has 4 rings (SSSR count). The molecular weight excluding hydrogens is 433 g/mol. The van der Waals surface area contributed by atoms with E-state index in [2.05, 4.69) is 0 Å².